The Hall–Kier alpha value is -2.83. The van der Waals surface area contributed by atoms with Gasteiger partial charge in [-0.15, -0.1) is 0 Å². The minimum Gasteiger partial charge on any atom is -0.345 e. The molecule has 3 rings (SSSR count). The lowest BCUT2D eigenvalue weighted by atomic mass is 9.96. The van der Waals surface area contributed by atoms with Gasteiger partial charge in [0.25, 0.3) is 15.9 Å². The first-order valence-electron chi connectivity index (χ1n) is 9.84. The molecule has 0 unspecified atom stereocenters. The lowest BCUT2D eigenvalue weighted by molar-refractivity contribution is 0.0940. The Morgan fingerprint density at radius 3 is 2.19 bits per heavy atom. The molecule has 2 N–H and O–H groups in total. The van der Waals surface area contributed by atoms with E-state index in [0.717, 1.165) is 16.7 Å². The summed E-state index contributed by atoms with van der Waals surface area (Å²) in [5, 5.41) is 3.13. The van der Waals surface area contributed by atoms with E-state index in [0.29, 0.717) is 0 Å². The van der Waals surface area contributed by atoms with Crippen molar-refractivity contribution in [2.45, 2.75) is 38.6 Å². The molecule has 0 aliphatic heterocycles. The third-order valence-corrected chi connectivity index (χ3v) is 6.93. The van der Waals surface area contributed by atoms with Crippen LogP contribution in [0.15, 0.2) is 65.6 Å². The number of amides is 1. The van der Waals surface area contributed by atoms with E-state index in [-0.39, 0.29) is 33.1 Å². The number of carbonyl (C=O) groups excluding carboxylic acids is 1. The van der Waals surface area contributed by atoms with E-state index in [1.54, 1.807) is 18.2 Å². The van der Waals surface area contributed by atoms with Crippen LogP contribution in [0.5, 0.6) is 0 Å². The average Bonchev–Trinajstić information content (AvgIpc) is 2.71. The van der Waals surface area contributed by atoms with Crippen molar-refractivity contribution >= 4 is 33.2 Å². The molecular formula is C24H25ClN2O3S. The molecule has 0 radical (unpaired) electrons. The predicted molar refractivity (Wildman–Crippen MR) is 125 cm³/mol. The summed E-state index contributed by atoms with van der Waals surface area (Å²) in [5.41, 5.74) is 5.07. The maximum Gasteiger partial charge on any atom is 0.261 e. The fraction of sp³-hybridized carbons (Fsp3) is 0.208. The molecule has 0 bridgehead atoms. The number of sulfonamides is 1. The Kier molecular flexibility index (Phi) is 6.72. The molecule has 3 aromatic carbocycles. The van der Waals surface area contributed by atoms with E-state index < -0.39 is 10.0 Å². The van der Waals surface area contributed by atoms with Gasteiger partial charge >= 0.3 is 0 Å². The molecule has 0 saturated carbocycles. The highest BCUT2D eigenvalue weighted by atomic mass is 35.5. The van der Waals surface area contributed by atoms with Gasteiger partial charge in [-0.05, 0) is 80.3 Å². The van der Waals surface area contributed by atoms with Crippen LogP contribution in [0.1, 0.15) is 45.6 Å². The van der Waals surface area contributed by atoms with Crippen LogP contribution in [-0.4, -0.2) is 14.3 Å². The Morgan fingerprint density at radius 1 is 0.903 bits per heavy atom. The number of halogens is 1. The first-order valence-corrected chi connectivity index (χ1v) is 11.7. The number of hydrogen-bond donors (Lipinski definition) is 2. The SMILES string of the molecule is Cc1cc(C)c([C@@H](C)NC(=O)c2ccc(NS(=O)(=O)c3ccccc3)cc2Cl)cc1C. The Balaban J connectivity index is 1.77. The molecule has 0 aliphatic rings. The lowest BCUT2D eigenvalue weighted by Crippen LogP contribution is -2.27. The van der Waals surface area contributed by atoms with Crippen molar-refractivity contribution in [2.75, 3.05) is 4.72 Å². The number of carbonyl (C=O) groups is 1. The van der Waals surface area contributed by atoms with Crippen LogP contribution in [0, 0.1) is 20.8 Å². The molecule has 5 nitrogen and oxygen atoms in total. The maximum atomic E-state index is 12.8. The first kappa shape index (κ1) is 22.8. The number of benzene rings is 3. The van der Waals surface area contributed by atoms with Crippen LogP contribution in [0.25, 0.3) is 0 Å². The quantitative estimate of drug-likeness (QED) is 0.510. The van der Waals surface area contributed by atoms with Gasteiger partial charge in [-0.25, -0.2) is 8.42 Å². The van der Waals surface area contributed by atoms with Crippen molar-refractivity contribution in [3.63, 3.8) is 0 Å². The molecule has 7 heteroatoms. The maximum absolute atomic E-state index is 12.8. The topological polar surface area (TPSA) is 75.3 Å². The highest BCUT2D eigenvalue weighted by Gasteiger charge is 2.18. The zero-order valence-electron chi connectivity index (χ0n) is 17.9. The van der Waals surface area contributed by atoms with Crippen molar-refractivity contribution in [3.8, 4) is 0 Å². The third kappa shape index (κ3) is 5.27. The summed E-state index contributed by atoms with van der Waals surface area (Å²) in [7, 11) is -3.74. The standard InChI is InChI=1S/C24H25ClN2O3S/c1-15-12-17(3)22(13-16(15)2)18(4)26-24(28)21-11-10-19(14-23(21)25)27-31(29,30)20-8-6-5-7-9-20/h5-14,18,27H,1-4H3,(H,26,28)/t18-/m1/s1. The Bertz CT molecular complexity index is 1230. The minimum absolute atomic E-state index is 0.144. The molecule has 31 heavy (non-hydrogen) atoms. The summed E-state index contributed by atoms with van der Waals surface area (Å²) in [6.45, 7) is 8.04. The molecule has 1 amide bonds. The lowest BCUT2D eigenvalue weighted by Gasteiger charge is -2.19. The molecular weight excluding hydrogens is 432 g/mol. The fourth-order valence-corrected chi connectivity index (χ4v) is 4.71. The number of nitrogens with one attached hydrogen (secondary N) is 2. The van der Waals surface area contributed by atoms with Gasteiger partial charge in [-0.2, -0.15) is 0 Å². The van der Waals surface area contributed by atoms with Crippen LogP contribution in [0.4, 0.5) is 5.69 Å². The van der Waals surface area contributed by atoms with Crippen LogP contribution >= 0.6 is 11.6 Å². The van der Waals surface area contributed by atoms with Crippen LogP contribution in [-0.2, 0) is 10.0 Å². The van der Waals surface area contributed by atoms with E-state index in [1.807, 2.05) is 20.8 Å². The average molecular weight is 457 g/mol. The molecule has 0 heterocycles. The monoisotopic (exact) mass is 456 g/mol. The highest BCUT2D eigenvalue weighted by molar-refractivity contribution is 7.92. The van der Waals surface area contributed by atoms with E-state index in [4.69, 9.17) is 11.6 Å². The molecule has 0 aliphatic carbocycles. The van der Waals surface area contributed by atoms with E-state index in [2.05, 4.69) is 29.1 Å². The first-order chi connectivity index (χ1) is 14.6. The molecule has 162 valence electrons. The number of aryl methyl sites for hydroxylation is 3. The predicted octanol–water partition coefficient (Wildman–Crippen LogP) is 5.56. The smallest absolute Gasteiger partial charge is 0.261 e. The van der Waals surface area contributed by atoms with Crippen molar-refractivity contribution < 1.29 is 13.2 Å². The van der Waals surface area contributed by atoms with Crippen molar-refractivity contribution in [3.05, 3.63) is 93.5 Å². The summed E-state index contributed by atoms with van der Waals surface area (Å²) in [4.78, 5) is 12.9. The summed E-state index contributed by atoms with van der Waals surface area (Å²) < 4.78 is 27.5. The van der Waals surface area contributed by atoms with E-state index in [1.165, 1.54) is 35.9 Å². The molecule has 0 spiro atoms. The molecule has 0 fully saturated rings. The number of hydrogen-bond acceptors (Lipinski definition) is 3. The zero-order chi connectivity index (χ0) is 22.8. The Labute approximate surface area is 188 Å². The van der Waals surface area contributed by atoms with Crippen LogP contribution < -0.4 is 10.0 Å². The van der Waals surface area contributed by atoms with Gasteiger partial charge in [-0.3, -0.25) is 9.52 Å². The Morgan fingerprint density at radius 2 is 1.55 bits per heavy atom. The second kappa shape index (κ2) is 9.12. The van der Waals surface area contributed by atoms with Gasteiger partial charge in [-0.1, -0.05) is 41.9 Å². The second-order valence-electron chi connectivity index (χ2n) is 7.60. The van der Waals surface area contributed by atoms with E-state index in [9.17, 15) is 13.2 Å². The largest absolute Gasteiger partial charge is 0.345 e. The summed E-state index contributed by atoms with van der Waals surface area (Å²) in [6, 6.07) is 16.5. The van der Waals surface area contributed by atoms with Gasteiger partial charge in [0.05, 0.1) is 27.2 Å². The number of anilines is 1. The molecule has 1 atom stereocenters. The summed E-state index contributed by atoms with van der Waals surface area (Å²) >= 11 is 6.31. The fourth-order valence-electron chi connectivity index (χ4n) is 3.38. The molecule has 0 saturated heterocycles. The second-order valence-corrected chi connectivity index (χ2v) is 9.69. The van der Waals surface area contributed by atoms with Crippen LogP contribution in [0.2, 0.25) is 5.02 Å². The summed E-state index contributed by atoms with van der Waals surface area (Å²) in [5.74, 6) is -0.326. The van der Waals surface area contributed by atoms with Gasteiger partial charge in [0, 0.05) is 0 Å². The van der Waals surface area contributed by atoms with Gasteiger partial charge in [0.2, 0.25) is 0 Å². The highest BCUT2D eigenvalue weighted by Crippen LogP contribution is 2.26. The molecule has 3 aromatic rings. The zero-order valence-corrected chi connectivity index (χ0v) is 19.4. The van der Waals surface area contributed by atoms with Crippen molar-refractivity contribution in [1.82, 2.24) is 5.32 Å². The van der Waals surface area contributed by atoms with Crippen molar-refractivity contribution in [1.29, 1.82) is 0 Å². The third-order valence-electron chi connectivity index (χ3n) is 5.22. The van der Waals surface area contributed by atoms with Crippen molar-refractivity contribution in [2.24, 2.45) is 0 Å². The normalized spacial score (nSPS) is 12.3. The minimum atomic E-state index is -3.74. The molecule has 0 aromatic heterocycles. The van der Waals surface area contributed by atoms with E-state index >= 15 is 0 Å². The summed E-state index contributed by atoms with van der Waals surface area (Å²) in [6.07, 6.45) is 0. The number of rotatable bonds is 6. The van der Waals surface area contributed by atoms with Gasteiger partial charge < -0.3 is 5.32 Å². The van der Waals surface area contributed by atoms with Gasteiger partial charge in [0.15, 0.2) is 0 Å². The van der Waals surface area contributed by atoms with Gasteiger partial charge in [0.1, 0.15) is 0 Å². The van der Waals surface area contributed by atoms with Crippen LogP contribution in [0.3, 0.4) is 0 Å².